The number of hydrogen-bond acceptors (Lipinski definition) is 3. The van der Waals surface area contributed by atoms with E-state index in [0.717, 1.165) is 41.8 Å². The summed E-state index contributed by atoms with van der Waals surface area (Å²) in [5.74, 6) is -0.253. The summed E-state index contributed by atoms with van der Waals surface area (Å²) in [5.41, 5.74) is 0.850. The molecule has 1 heterocycles. The number of rotatable bonds is 5. The van der Waals surface area contributed by atoms with Crippen LogP contribution >= 0.6 is 0 Å². The monoisotopic (exact) mass is 371 g/mol. The molecule has 6 nitrogen and oxygen atoms in total. The molecular formula is C21H29N3O3. The van der Waals surface area contributed by atoms with Gasteiger partial charge in [-0.1, -0.05) is 51.3 Å². The van der Waals surface area contributed by atoms with Gasteiger partial charge in [0.1, 0.15) is 12.1 Å². The summed E-state index contributed by atoms with van der Waals surface area (Å²) in [6, 6.07) is 7.12. The maximum absolute atomic E-state index is 13.0. The number of nitrogens with zero attached hydrogens (tertiary/aromatic N) is 1. The normalized spacial score (nSPS) is 23.6. The molecule has 27 heavy (non-hydrogen) atoms. The average molecular weight is 371 g/mol. The van der Waals surface area contributed by atoms with Gasteiger partial charge in [0.15, 0.2) is 0 Å². The molecule has 6 heteroatoms. The fourth-order valence-corrected chi connectivity index (χ4v) is 4.26. The number of benzene rings is 1. The standard InChI is InChI=1S/C21H29N3O3/c1-14(2)16-11-7-8-12-17(16)22-18(25)13-24-19(26)21(3,23-20(24)27)15-9-5-4-6-10-15/h7-8,11-12,14-15H,4-6,9-10,13H2,1-3H3,(H,22,25)(H,23,27)/t21-/m1/s1. The van der Waals surface area contributed by atoms with E-state index >= 15 is 0 Å². The van der Waals surface area contributed by atoms with Gasteiger partial charge in [0.2, 0.25) is 5.91 Å². The zero-order valence-corrected chi connectivity index (χ0v) is 16.4. The Kier molecular flexibility index (Phi) is 5.53. The number of para-hydroxylation sites is 1. The molecule has 1 saturated carbocycles. The minimum absolute atomic E-state index is 0.137. The van der Waals surface area contributed by atoms with Crippen molar-refractivity contribution < 1.29 is 14.4 Å². The van der Waals surface area contributed by atoms with E-state index < -0.39 is 11.6 Å². The van der Waals surface area contributed by atoms with Gasteiger partial charge in [-0.3, -0.25) is 14.5 Å². The number of imide groups is 1. The molecule has 0 unspecified atom stereocenters. The molecule has 2 N–H and O–H groups in total. The first kappa shape index (κ1) is 19.4. The van der Waals surface area contributed by atoms with Crippen LogP contribution in [-0.2, 0) is 9.59 Å². The van der Waals surface area contributed by atoms with Crippen molar-refractivity contribution in [3.63, 3.8) is 0 Å². The minimum Gasteiger partial charge on any atom is -0.324 e. The molecule has 1 atom stereocenters. The van der Waals surface area contributed by atoms with Crippen molar-refractivity contribution in [3.8, 4) is 0 Å². The second kappa shape index (κ2) is 7.71. The third-order valence-corrected chi connectivity index (χ3v) is 5.88. The fourth-order valence-electron chi connectivity index (χ4n) is 4.26. The molecular weight excluding hydrogens is 342 g/mol. The van der Waals surface area contributed by atoms with Crippen molar-refractivity contribution in [2.75, 3.05) is 11.9 Å². The highest BCUT2D eigenvalue weighted by Gasteiger charge is 2.52. The van der Waals surface area contributed by atoms with Gasteiger partial charge in [-0.2, -0.15) is 0 Å². The smallest absolute Gasteiger partial charge is 0.324 e. The van der Waals surface area contributed by atoms with E-state index in [1.54, 1.807) is 6.92 Å². The van der Waals surface area contributed by atoms with E-state index in [0.29, 0.717) is 0 Å². The first-order chi connectivity index (χ1) is 12.8. The van der Waals surface area contributed by atoms with Gasteiger partial charge in [0.05, 0.1) is 0 Å². The van der Waals surface area contributed by atoms with E-state index in [1.807, 2.05) is 24.3 Å². The van der Waals surface area contributed by atoms with Crippen LogP contribution in [-0.4, -0.2) is 34.8 Å². The lowest BCUT2D eigenvalue weighted by atomic mass is 9.75. The molecule has 1 aromatic rings. The summed E-state index contributed by atoms with van der Waals surface area (Å²) >= 11 is 0. The Morgan fingerprint density at radius 3 is 2.56 bits per heavy atom. The predicted molar refractivity (Wildman–Crippen MR) is 104 cm³/mol. The van der Waals surface area contributed by atoms with E-state index in [1.165, 1.54) is 6.42 Å². The predicted octanol–water partition coefficient (Wildman–Crippen LogP) is 3.64. The molecule has 3 rings (SSSR count). The second-order valence-electron chi connectivity index (χ2n) is 8.15. The molecule has 1 saturated heterocycles. The van der Waals surface area contributed by atoms with Crippen LogP contribution in [0.3, 0.4) is 0 Å². The van der Waals surface area contributed by atoms with E-state index in [9.17, 15) is 14.4 Å². The number of hydrogen-bond donors (Lipinski definition) is 2. The second-order valence-corrected chi connectivity index (χ2v) is 8.15. The quantitative estimate of drug-likeness (QED) is 0.776. The number of amides is 4. The van der Waals surface area contributed by atoms with Gasteiger partial charge in [-0.25, -0.2) is 4.79 Å². The Labute approximate surface area is 160 Å². The number of carbonyl (C=O) groups excluding carboxylic acids is 3. The van der Waals surface area contributed by atoms with Crippen molar-refractivity contribution in [1.82, 2.24) is 10.2 Å². The SMILES string of the molecule is CC(C)c1ccccc1NC(=O)CN1C(=O)N[C@](C)(C2CCCCC2)C1=O. The summed E-state index contributed by atoms with van der Waals surface area (Å²) in [7, 11) is 0. The zero-order valence-electron chi connectivity index (χ0n) is 16.4. The average Bonchev–Trinajstić information content (AvgIpc) is 2.87. The Morgan fingerprint density at radius 1 is 1.22 bits per heavy atom. The maximum atomic E-state index is 13.0. The molecule has 2 aliphatic rings. The number of carbonyl (C=O) groups is 3. The van der Waals surface area contributed by atoms with Gasteiger partial charge >= 0.3 is 6.03 Å². The molecule has 1 aromatic carbocycles. The largest absolute Gasteiger partial charge is 0.325 e. The van der Waals surface area contributed by atoms with Gasteiger partial charge < -0.3 is 10.6 Å². The van der Waals surface area contributed by atoms with Crippen LogP contribution in [0.5, 0.6) is 0 Å². The summed E-state index contributed by atoms with van der Waals surface area (Å²) in [6.07, 6.45) is 5.20. The van der Waals surface area contributed by atoms with Gasteiger partial charge in [0.25, 0.3) is 5.91 Å². The first-order valence-electron chi connectivity index (χ1n) is 9.86. The van der Waals surface area contributed by atoms with Crippen LogP contribution in [0.25, 0.3) is 0 Å². The summed E-state index contributed by atoms with van der Waals surface area (Å²) < 4.78 is 0. The summed E-state index contributed by atoms with van der Waals surface area (Å²) in [6.45, 7) is 5.64. The molecule has 1 aliphatic carbocycles. The van der Waals surface area contributed by atoms with Crippen LogP contribution in [0.15, 0.2) is 24.3 Å². The van der Waals surface area contributed by atoms with Crippen molar-refractivity contribution in [3.05, 3.63) is 29.8 Å². The third-order valence-electron chi connectivity index (χ3n) is 5.88. The highest BCUT2D eigenvalue weighted by molar-refractivity contribution is 6.10. The van der Waals surface area contributed by atoms with Gasteiger partial charge in [-0.15, -0.1) is 0 Å². The van der Waals surface area contributed by atoms with Gasteiger partial charge in [-0.05, 0) is 43.2 Å². The minimum atomic E-state index is -0.895. The molecule has 0 bridgehead atoms. The first-order valence-corrected chi connectivity index (χ1v) is 9.86. The summed E-state index contributed by atoms with van der Waals surface area (Å²) in [4.78, 5) is 39.0. The van der Waals surface area contributed by atoms with Crippen LogP contribution in [0.2, 0.25) is 0 Å². The van der Waals surface area contributed by atoms with Crippen molar-refractivity contribution in [2.24, 2.45) is 5.92 Å². The number of anilines is 1. The van der Waals surface area contributed by atoms with Crippen molar-refractivity contribution >= 4 is 23.5 Å². The van der Waals surface area contributed by atoms with Crippen LogP contribution < -0.4 is 10.6 Å². The van der Waals surface area contributed by atoms with Crippen molar-refractivity contribution in [1.29, 1.82) is 0 Å². The van der Waals surface area contributed by atoms with E-state index in [2.05, 4.69) is 24.5 Å². The van der Waals surface area contributed by atoms with Crippen molar-refractivity contribution in [2.45, 2.75) is 64.3 Å². The molecule has 4 amide bonds. The number of nitrogens with one attached hydrogen (secondary N) is 2. The highest BCUT2D eigenvalue weighted by Crippen LogP contribution is 2.36. The highest BCUT2D eigenvalue weighted by atomic mass is 16.2. The van der Waals surface area contributed by atoms with Crippen LogP contribution in [0.1, 0.15) is 64.4 Å². The van der Waals surface area contributed by atoms with E-state index in [4.69, 9.17) is 0 Å². The Morgan fingerprint density at radius 2 is 1.89 bits per heavy atom. The lowest BCUT2D eigenvalue weighted by molar-refractivity contribution is -0.135. The lowest BCUT2D eigenvalue weighted by Crippen LogP contribution is -2.51. The number of urea groups is 1. The molecule has 0 spiro atoms. The molecule has 0 radical (unpaired) electrons. The third kappa shape index (κ3) is 3.84. The maximum Gasteiger partial charge on any atom is 0.325 e. The Bertz CT molecular complexity index is 740. The van der Waals surface area contributed by atoms with Crippen LogP contribution in [0, 0.1) is 5.92 Å². The molecule has 2 fully saturated rings. The molecule has 1 aliphatic heterocycles. The lowest BCUT2D eigenvalue weighted by Gasteiger charge is -2.34. The molecule has 0 aromatic heterocycles. The van der Waals surface area contributed by atoms with Crippen LogP contribution in [0.4, 0.5) is 10.5 Å². The topological polar surface area (TPSA) is 78.5 Å². The molecule has 146 valence electrons. The Hall–Kier alpha value is -2.37. The zero-order chi connectivity index (χ0) is 19.6. The van der Waals surface area contributed by atoms with Gasteiger partial charge in [0, 0.05) is 5.69 Å². The fraction of sp³-hybridized carbons (Fsp3) is 0.571. The Balaban J connectivity index is 1.69. The van der Waals surface area contributed by atoms with E-state index in [-0.39, 0.29) is 30.2 Å². The summed E-state index contributed by atoms with van der Waals surface area (Å²) in [5, 5.41) is 5.71.